The third kappa shape index (κ3) is 6.74. The number of carbonyl (C=O) groups excluding carboxylic acids is 4. The van der Waals surface area contributed by atoms with Crippen molar-refractivity contribution in [2.24, 2.45) is 0 Å². The number of para-hydroxylation sites is 1. The van der Waals surface area contributed by atoms with Gasteiger partial charge in [-0.3, -0.25) is 14.4 Å². The Morgan fingerprint density at radius 2 is 1.42 bits per heavy atom. The van der Waals surface area contributed by atoms with Gasteiger partial charge in [0.15, 0.2) is 0 Å². The molecule has 0 aliphatic carbocycles. The minimum absolute atomic E-state index is 0.118. The zero-order valence-corrected chi connectivity index (χ0v) is 23.8. The molecule has 216 valence electrons. The van der Waals surface area contributed by atoms with Crippen LogP contribution in [-0.2, 0) is 14.3 Å². The van der Waals surface area contributed by atoms with Gasteiger partial charge in [0.05, 0.1) is 17.9 Å². The van der Waals surface area contributed by atoms with E-state index in [-0.39, 0.29) is 16.3 Å². The second-order valence-electron chi connectivity index (χ2n) is 9.42. The topological polar surface area (TPSA) is 114 Å². The average molecular weight is 596 g/mol. The summed E-state index contributed by atoms with van der Waals surface area (Å²) < 4.78 is 10.9. The molecule has 5 rings (SSSR count). The number of imide groups is 1. The lowest BCUT2D eigenvalue weighted by molar-refractivity contribution is -0.120. The molecule has 3 amide bonds. The standard InChI is InChI=1S/C33H26ClN3O6/c1-2-18-42-33(41)22-9-7-11-24(20-22)36-30(38)21-8-6-10-23(19-21)35-29-28(34)31(39)37(32(29)40)25-14-16-27(17-15-25)43-26-12-4-3-5-13-26/h3-17,19-20,35H,2,18H2,1H3,(H,36,38). The molecule has 9 nitrogen and oxygen atoms in total. The van der Waals surface area contributed by atoms with Crippen LogP contribution in [0.15, 0.2) is 114 Å². The third-order valence-electron chi connectivity index (χ3n) is 6.29. The number of hydrogen-bond donors (Lipinski definition) is 2. The minimum Gasteiger partial charge on any atom is -0.462 e. The Morgan fingerprint density at radius 3 is 2.14 bits per heavy atom. The monoisotopic (exact) mass is 595 g/mol. The summed E-state index contributed by atoms with van der Waals surface area (Å²) in [4.78, 5) is 52.3. The second-order valence-corrected chi connectivity index (χ2v) is 9.80. The van der Waals surface area contributed by atoms with Crippen LogP contribution in [0.4, 0.5) is 17.1 Å². The van der Waals surface area contributed by atoms with Gasteiger partial charge in [-0.15, -0.1) is 0 Å². The number of amides is 3. The van der Waals surface area contributed by atoms with Crippen molar-refractivity contribution in [3.63, 3.8) is 0 Å². The highest BCUT2D eigenvalue weighted by Gasteiger charge is 2.39. The maximum atomic E-state index is 13.3. The largest absolute Gasteiger partial charge is 0.462 e. The van der Waals surface area contributed by atoms with E-state index < -0.39 is 23.7 Å². The molecule has 1 aliphatic heterocycles. The Labute approximate surface area is 252 Å². The molecule has 43 heavy (non-hydrogen) atoms. The lowest BCUT2D eigenvalue weighted by Gasteiger charge is -2.16. The molecule has 0 saturated heterocycles. The van der Waals surface area contributed by atoms with E-state index in [4.69, 9.17) is 21.1 Å². The Balaban J connectivity index is 1.26. The minimum atomic E-state index is -0.683. The number of ether oxygens (including phenoxy) is 2. The van der Waals surface area contributed by atoms with Crippen LogP contribution in [0.25, 0.3) is 0 Å². The van der Waals surface area contributed by atoms with Gasteiger partial charge in [0.25, 0.3) is 17.7 Å². The van der Waals surface area contributed by atoms with Gasteiger partial charge >= 0.3 is 5.97 Å². The molecule has 1 aliphatic rings. The van der Waals surface area contributed by atoms with Crippen molar-refractivity contribution >= 4 is 52.4 Å². The van der Waals surface area contributed by atoms with Crippen LogP contribution < -0.4 is 20.3 Å². The summed E-state index contributed by atoms with van der Waals surface area (Å²) in [5.74, 6) is -1.07. The van der Waals surface area contributed by atoms with E-state index in [0.29, 0.717) is 47.2 Å². The van der Waals surface area contributed by atoms with E-state index >= 15 is 0 Å². The second kappa shape index (κ2) is 13.1. The van der Waals surface area contributed by atoms with Gasteiger partial charge in [-0.05, 0) is 79.2 Å². The molecule has 0 unspecified atom stereocenters. The molecule has 2 N–H and O–H groups in total. The number of anilines is 3. The molecule has 0 fully saturated rings. The Hall–Kier alpha value is -5.41. The zero-order valence-electron chi connectivity index (χ0n) is 23.0. The van der Waals surface area contributed by atoms with E-state index in [1.807, 2.05) is 37.3 Å². The summed E-state index contributed by atoms with van der Waals surface area (Å²) in [5, 5.41) is 5.36. The average Bonchev–Trinajstić information content (AvgIpc) is 3.23. The highest BCUT2D eigenvalue weighted by molar-refractivity contribution is 6.53. The van der Waals surface area contributed by atoms with Gasteiger partial charge in [-0.2, -0.15) is 0 Å². The third-order valence-corrected chi connectivity index (χ3v) is 6.64. The maximum Gasteiger partial charge on any atom is 0.338 e. The van der Waals surface area contributed by atoms with Crippen LogP contribution in [0.2, 0.25) is 0 Å². The van der Waals surface area contributed by atoms with Crippen molar-refractivity contribution in [2.45, 2.75) is 13.3 Å². The van der Waals surface area contributed by atoms with Gasteiger partial charge in [0.2, 0.25) is 0 Å². The number of rotatable bonds is 10. The molecular formula is C33H26ClN3O6. The summed E-state index contributed by atoms with van der Waals surface area (Å²) in [7, 11) is 0. The van der Waals surface area contributed by atoms with Crippen LogP contribution >= 0.6 is 11.6 Å². The summed E-state index contributed by atoms with van der Waals surface area (Å²) in [6.45, 7) is 2.20. The quantitative estimate of drug-likeness (QED) is 0.154. The lowest BCUT2D eigenvalue weighted by Crippen LogP contribution is -2.32. The van der Waals surface area contributed by atoms with Gasteiger partial charge in [-0.1, -0.05) is 48.9 Å². The normalized spacial score (nSPS) is 12.7. The van der Waals surface area contributed by atoms with Crippen LogP contribution in [-0.4, -0.2) is 30.3 Å². The predicted molar refractivity (Wildman–Crippen MR) is 163 cm³/mol. The van der Waals surface area contributed by atoms with Crippen LogP contribution in [0.1, 0.15) is 34.1 Å². The first kappa shape index (κ1) is 29.1. The maximum absolute atomic E-state index is 13.3. The molecule has 4 aromatic carbocycles. The first-order chi connectivity index (χ1) is 20.8. The van der Waals surface area contributed by atoms with Gasteiger partial charge < -0.3 is 20.1 Å². The van der Waals surface area contributed by atoms with Crippen molar-refractivity contribution in [2.75, 3.05) is 22.1 Å². The fourth-order valence-corrected chi connectivity index (χ4v) is 4.43. The summed E-state index contributed by atoms with van der Waals surface area (Å²) in [5.41, 5.74) is 1.56. The number of nitrogens with zero attached hydrogens (tertiary/aromatic N) is 1. The molecule has 0 atom stereocenters. The highest BCUT2D eigenvalue weighted by atomic mass is 35.5. The molecule has 4 aromatic rings. The van der Waals surface area contributed by atoms with Crippen molar-refractivity contribution < 1.29 is 28.7 Å². The first-order valence-electron chi connectivity index (χ1n) is 13.4. The summed E-state index contributed by atoms with van der Waals surface area (Å²) in [6.07, 6.45) is 0.699. The number of halogens is 1. The Kier molecular flexibility index (Phi) is 8.83. The SMILES string of the molecule is CCCOC(=O)c1cccc(NC(=O)c2cccc(NC3=C(Cl)C(=O)N(c4ccc(Oc5ccccc5)cc4)C3=O)c2)c1. The molecule has 0 saturated carbocycles. The Morgan fingerprint density at radius 1 is 0.767 bits per heavy atom. The number of esters is 1. The smallest absolute Gasteiger partial charge is 0.338 e. The molecule has 1 heterocycles. The van der Waals surface area contributed by atoms with Crippen molar-refractivity contribution in [3.8, 4) is 11.5 Å². The van der Waals surface area contributed by atoms with Crippen molar-refractivity contribution in [3.05, 3.63) is 125 Å². The highest BCUT2D eigenvalue weighted by Crippen LogP contribution is 2.32. The van der Waals surface area contributed by atoms with Gasteiger partial charge in [-0.25, -0.2) is 9.69 Å². The van der Waals surface area contributed by atoms with E-state index in [0.717, 1.165) is 4.90 Å². The lowest BCUT2D eigenvalue weighted by atomic mass is 10.1. The van der Waals surface area contributed by atoms with Gasteiger partial charge in [0.1, 0.15) is 22.2 Å². The number of carbonyl (C=O) groups is 4. The summed E-state index contributed by atoms with van der Waals surface area (Å²) >= 11 is 6.30. The van der Waals surface area contributed by atoms with Crippen molar-refractivity contribution in [1.82, 2.24) is 0 Å². The van der Waals surface area contributed by atoms with Crippen LogP contribution in [0.5, 0.6) is 11.5 Å². The summed E-state index contributed by atoms with van der Waals surface area (Å²) in [6, 6.07) is 28.5. The van der Waals surface area contributed by atoms with E-state index in [2.05, 4.69) is 10.6 Å². The Bertz CT molecular complexity index is 1720. The van der Waals surface area contributed by atoms with Gasteiger partial charge in [0, 0.05) is 16.9 Å². The number of hydrogen-bond acceptors (Lipinski definition) is 7. The molecule has 0 aromatic heterocycles. The van der Waals surface area contributed by atoms with E-state index in [9.17, 15) is 19.2 Å². The first-order valence-corrected chi connectivity index (χ1v) is 13.8. The predicted octanol–water partition coefficient (Wildman–Crippen LogP) is 6.73. The van der Waals surface area contributed by atoms with E-state index in [1.165, 1.54) is 12.1 Å². The van der Waals surface area contributed by atoms with Crippen LogP contribution in [0.3, 0.4) is 0 Å². The number of benzene rings is 4. The fourth-order valence-electron chi connectivity index (χ4n) is 4.22. The van der Waals surface area contributed by atoms with E-state index in [1.54, 1.807) is 60.7 Å². The van der Waals surface area contributed by atoms with Crippen molar-refractivity contribution in [1.29, 1.82) is 0 Å². The molecule has 0 spiro atoms. The number of nitrogens with one attached hydrogen (secondary N) is 2. The fraction of sp³-hybridized carbons (Fsp3) is 0.0909. The van der Waals surface area contributed by atoms with Crippen LogP contribution in [0, 0.1) is 0 Å². The zero-order chi connectivity index (χ0) is 30.3. The molecule has 0 radical (unpaired) electrons. The molecular weight excluding hydrogens is 570 g/mol. The molecule has 0 bridgehead atoms. The molecule has 10 heteroatoms.